The zero-order chi connectivity index (χ0) is 20.5. The molecule has 1 N–H and O–H groups in total. The van der Waals surface area contributed by atoms with Crippen LogP contribution in [-0.4, -0.2) is 18.5 Å². The van der Waals surface area contributed by atoms with Gasteiger partial charge >= 0.3 is 5.97 Å². The number of ether oxygens (including phenoxy) is 2. The normalized spacial score (nSPS) is 10.2. The Morgan fingerprint density at radius 1 is 0.828 bits per heavy atom. The minimum Gasteiger partial charge on any atom is -0.489 e. The van der Waals surface area contributed by atoms with Crippen molar-refractivity contribution in [3.05, 3.63) is 95.6 Å². The number of anilines is 1. The Bertz CT molecular complexity index is 935. The van der Waals surface area contributed by atoms with Crippen LogP contribution in [-0.2, 0) is 22.6 Å². The van der Waals surface area contributed by atoms with E-state index in [1.54, 1.807) is 24.3 Å². The fourth-order valence-corrected chi connectivity index (χ4v) is 2.66. The van der Waals surface area contributed by atoms with Gasteiger partial charge in [0.2, 0.25) is 0 Å². The second kappa shape index (κ2) is 10.1. The molecule has 29 heavy (non-hydrogen) atoms. The second-order valence-electron chi connectivity index (χ2n) is 6.47. The maximum atomic E-state index is 12.1. The van der Waals surface area contributed by atoms with Gasteiger partial charge in [0, 0.05) is 5.69 Å². The summed E-state index contributed by atoms with van der Waals surface area (Å²) in [6.45, 7) is 2.13. The van der Waals surface area contributed by atoms with Crippen LogP contribution in [0.5, 0.6) is 5.75 Å². The molecular weight excluding hydrogens is 366 g/mol. The summed E-state index contributed by atoms with van der Waals surface area (Å²) >= 11 is 0. The topological polar surface area (TPSA) is 64.6 Å². The number of hydrogen-bond acceptors (Lipinski definition) is 4. The van der Waals surface area contributed by atoms with Gasteiger partial charge in [-0.3, -0.25) is 4.79 Å². The molecule has 3 aromatic carbocycles. The Hall–Kier alpha value is -3.60. The molecule has 0 fully saturated rings. The molecule has 148 valence electrons. The molecule has 0 aliphatic heterocycles. The summed E-state index contributed by atoms with van der Waals surface area (Å²) in [5.41, 5.74) is 3.17. The van der Waals surface area contributed by atoms with Crippen molar-refractivity contribution in [2.24, 2.45) is 0 Å². The summed E-state index contributed by atoms with van der Waals surface area (Å²) < 4.78 is 10.8. The molecule has 0 atom stereocenters. The number of benzene rings is 3. The second-order valence-corrected chi connectivity index (χ2v) is 6.47. The van der Waals surface area contributed by atoms with Crippen LogP contribution in [0.3, 0.4) is 0 Å². The molecule has 3 aromatic rings. The maximum Gasteiger partial charge on any atom is 0.338 e. The highest BCUT2D eigenvalue weighted by atomic mass is 16.5. The quantitative estimate of drug-likeness (QED) is 0.571. The van der Waals surface area contributed by atoms with Gasteiger partial charge < -0.3 is 14.8 Å². The molecule has 0 aromatic heterocycles. The SMILES string of the molecule is CCc1ccc(NC(=O)COC(=O)c2ccc(COc3ccccc3)cc2)cc1. The number of hydrogen-bond donors (Lipinski definition) is 1. The lowest BCUT2D eigenvalue weighted by Gasteiger charge is -2.08. The first-order valence-electron chi connectivity index (χ1n) is 9.47. The number of carbonyl (C=O) groups excluding carboxylic acids is 2. The Morgan fingerprint density at radius 3 is 2.14 bits per heavy atom. The van der Waals surface area contributed by atoms with E-state index >= 15 is 0 Å². The average molecular weight is 389 g/mol. The molecule has 0 aliphatic carbocycles. The van der Waals surface area contributed by atoms with Gasteiger partial charge in [-0.1, -0.05) is 49.4 Å². The van der Waals surface area contributed by atoms with E-state index in [1.807, 2.05) is 54.6 Å². The summed E-state index contributed by atoms with van der Waals surface area (Å²) in [4.78, 5) is 24.1. The molecule has 0 saturated carbocycles. The number of carbonyl (C=O) groups is 2. The molecule has 3 rings (SSSR count). The van der Waals surface area contributed by atoms with Crippen molar-refractivity contribution in [1.82, 2.24) is 0 Å². The van der Waals surface area contributed by atoms with E-state index in [1.165, 1.54) is 5.56 Å². The van der Waals surface area contributed by atoms with E-state index < -0.39 is 5.97 Å². The summed E-state index contributed by atoms with van der Waals surface area (Å²) in [6.07, 6.45) is 0.934. The van der Waals surface area contributed by atoms with Crippen molar-refractivity contribution in [3.8, 4) is 5.75 Å². The van der Waals surface area contributed by atoms with Crippen molar-refractivity contribution in [1.29, 1.82) is 0 Å². The summed E-state index contributed by atoms with van der Waals surface area (Å²) in [5, 5.41) is 2.71. The van der Waals surface area contributed by atoms with Crippen LogP contribution >= 0.6 is 0 Å². The fourth-order valence-electron chi connectivity index (χ4n) is 2.66. The Labute approximate surface area is 170 Å². The van der Waals surface area contributed by atoms with Gasteiger partial charge in [-0.2, -0.15) is 0 Å². The highest BCUT2D eigenvalue weighted by molar-refractivity contribution is 5.95. The van der Waals surface area contributed by atoms with Gasteiger partial charge in [-0.25, -0.2) is 4.79 Å². The highest BCUT2D eigenvalue weighted by Gasteiger charge is 2.10. The lowest BCUT2D eigenvalue weighted by Crippen LogP contribution is -2.20. The zero-order valence-corrected chi connectivity index (χ0v) is 16.3. The van der Waals surface area contributed by atoms with Crippen molar-refractivity contribution < 1.29 is 19.1 Å². The first-order valence-corrected chi connectivity index (χ1v) is 9.47. The van der Waals surface area contributed by atoms with E-state index in [-0.39, 0.29) is 12.5 Å². The number of aryl methyl sites for hydroxylation is 1. The van der Waals surface area contributed by atoms with E-state index in [0.717, 1.165) is 17.7 Å². The van der Waals surface area contributed by atoms with E-state index in [4.69, 9.17) is 9.47 Å². The lowest BCUT2D eigenvalue weighted by atomic mass is 10.1. The molecular formula is C24H23NO4. The molecule has 0 aliphatic rings. The Balaban J connectivity index is 1.45. The Kier molecular flexibility index (Phi) is 7.00. The molecule has 0 heterocycles. The first kappa shape index (κ1) is 20.1. The largest absolute Gasteiger partial charge is 0.489 e. The molecule has 0 bridgehead atoms. The monoisotopic (exact) mass is 389 g/mol. The number of para-hydroxylation sites is 1. The third kappa shape index (κ3) is 6.21. The van der Waals surface area contributed by atoms with Gasteiger partial charge in [0.15, 0.2) is 6.61 Å². The van der Waals surface area contributed by atoms with Gasteiger partial charge in [0.05, 0.1) is 5.56 Å². The maximum absolute atomic E-state index is 12.1. The number of amides is 1. The molecule has 0 radical (unpaired) electrons. The van der Waals surface area contributed by atoms with Gasteiger partial charge in [0.25, 0.3) is 5.91 Å². The fraction of sp³-hybridized carbons (Fsp3) is 0.167. The molecule has 1 amide bonds. The summed E-state index contributed by atoms with van der Waals surface area (Å²) in [6, 6.07) is 24.0. The van der Waals surface area contributed by atoms with E-state index in [9.17, 15) is 9.59 Å². The first-order chi connectivity index (χ1) is 14.1. The minimum atomic E-state index is -0.544. The molecule has 0 unspecified atom stereocenters. The van der Waals surface area contributed by atoms with Gasteiger partial charge in [-0.15, -0.1) is 0 Å². The van der Waals surface area contributed by atoms with Crippen LogP contribution in [0.4, 0.5) is 5.69 Å². The molecule has 0 spiro atoms. The van der Waals surface area contributed by atoms with E-state index in [2.05, 4.69) is 12.2 Å². The van der Waals surface area contributed by atoms with Crippen LogP contribution in [0.2, 0.25) is 0 Å². The van der Waals surface area contributed by atoms with Crippen molar-refractivity contribution >= 4 is 17.6 Å². The molecule has 0 saturated heterocycles. The molecule has 5 nitrogen and oxygen atoms in total. The van der Waals surface area contributed by atoms with Crippen molar-refractivity contribution in [2.75, 3.05) is 11.9 Å². The molecule has 5 heteroatoms. The van der Waals surface area contributed by atoms with Crippen LogP contribution < -0.4 is 10.1 Å². The third-order valence-corrected chi connectivity index (χ3v) is 4.32. The third-order valence-electron chi connectivity index (χ3n) is 4.32. The van der Waals surface area contributed by atoms with E-state index in [0.29, 0.717) is 17.9 Å². The smallest absolute Gasteiger partial charge is 0.338 e. The minimum absolute atomic E-state index is 0.340. The summed E-state index contributed by atoms with van der Waals surface area (Å²) in [5.74, 6) is -0.140. The lowest BCUT2D eigenvalue weighted by molar-refractivity contribution is -0.119. The van der Waals surface area contributed by atoms with Crippen LogP contribution in [0.25, 0.3) is 0 Å². The predicted molar refractivity (Wildman–Crippen MR) is 112 cm³/mol. The predicted octanol–water partition coefficient (Wildman–Crippen LogP) is 4.62. The van der Waals surface area contributed by atoms with Crippen molar-refractivity contribution in [2.45, 2.75) is 20.0 Å². The Morgan fingerprint density at radius 2 is 1.48 bits per heavy atom. The van der Waals surface area contributed by atoms with Gasteiger partial charge in [0.1, 0.15) is 12.4 Å². The summed E-state index contributed by atoms with van der Waals surface area (Å²) in [7, 11) is 0. The number of esters is 1. The van der Waals surface area contributed by atoms with Crippen LogP contribution in [0, 0.1) is 0 Å². The number of nitrogens with one attached hydrogen (secondary N) is 1. The van der Waals surface area contributed by atoms with Crippen LogP contribution in [0.1, 0.15) is 28.4 Å². The zero-order valence-electron chi connectivity index (χ0n) is 16.3. The standard InChI is InChI=1S/C24H23NO4/c1-2-18-10-14-21(15-11-18)25-23(26)17-29-24(27)20-12-8-19(9-13-20)16-28-22-6-4-3-5-7-22/h3-15H,2,16-17H2,1H3,(H,25,26). The van der Waals surface area contributed by atoms with Gasteiger partial charge in [-0.05, 0) is 53.9 Å². The van der Waals surface area contributed by atoms with Crippen molar-refractivity contribution in [3.63, 3.8) is 0 Å². The van der Waals surface area contributed by atoms with Crippen LogP contribution in [0.15, 0.2) is 78.9 Å². The highest BCUT2D eigenvalue weighted by Crippen LogP contribution is 2.13. The average Bonchev–Trinajstić information content (AvgIpc) is 2.77. The number of rotatable bonds is 8.